The van der Waals surface area contributed by atoms with Gasteiger partial charge < -0.3 is 5.32 Å². The summed E-state index contributed by atoms with van der Waals surface area (Å²) in [5.74, 6) is -0.389. The fourth-order valence-electron chi connectivity index (χ4n) is 2.96. The molecule has 0 bridgehead atoms. The molecule has 0 saturated heterocycles. The van der Waals surface area contributed by atoms with Crippen molar-refractivity contribution in [3.8, 4) is 5.69 Å². The number of para-hydroxylation sites is 2. The van der Waals surface area contributed by atoms with Crippen LogP contribution in [0, 0.1) is 6.92 Å². The molecule has 0 unspecified atom stereocenters. The van der Waals surface area contributed by atoms with Crippen LogP contribution in [0.15, 0.2) is 53.7 Å². The van der Waals surface area contributed by atoms with E-state index in [1.54, 1.807) is 17.7 Å². The molecule has 2 aromatic carbocycles. The highest BCUT2D eigenvalue weighted by Crippen LogP contribution is 2.32. The number of fused-ring (bicyclic) bond motifs is 1. The predicted octanol–water partition coefficient (Wildman–Crippen LogP) is 2.44. The average Bonchev–Trinajstić information content (AvgIpc) is 3.15. The van der Waals surface area contributed by atoms with Gasteiger partial charge in [0.1, 0.15) is 6.54 Å². The summed E-state index contributed by atoms with van der Waals surface area (Å²) in [5, 5.41) is 14.7. The zero-order valence-corrected chi connectivity index (χ0v) is 16.2. The highest BCUT2D eigenvalue weighted by molar-refractivity contribution is 8.00. The number of anilines is 2. The molecular formula is C19H18N6O2S. The molecule has 1 atom stereocenters. The Morgan fingerprint density at radius 2 is 1.93 bits per heavy atom. The van der Waals surface area contributed by atoms with Gasteiger partial charge in [-0.2, -0.15) is 4.68 Å². The number of hydrogen-bond donors (Lipinski definition) is 1. The summed E-state index contributed by atoms with van der Waals surface area (Å²) in [5.41, 5.74) is 3.28. The number of aromatic nitrogens is 4. The summed E-state index contributed by atoms with van der Waals surface area (Å²) >= 11 is 1.26. The zero-order chi connectivity index (χ0) is 19.7. The number of tetrazole rings is 1. The lowest BCUT2D eigenvalue weighted by Crippen LogP contribution is -2.45. The lowest BCUT2D eigenvalue weighted by atomic mass is 10.2. The Hall–Kier alpha value is -3.20. The topological polar surface area (TPSA) is 93.0 Å². The van der Waals surface area contributed by atoms with E-state index in [0.29, 0.717) is 16.5 Å². The van der Waals surface area contributed by atoms with Crippen molar-refractivity contribution in [2.24, 2.45) is 0 Å². The minimum atomic E-state index is -0.478. The maximum Gasteiger partial charge on any atom is 0.244 e. The molecule has 2 amide bonds. The summed E-state index contributed by atoms with van der Waals surface area (Å²) < 4.78 is 1.60. The molecule has 0 aliphatic carbocycles. The van der Waals surface area contributed by atoms with Gasteiger partial charge >= 0.3 is 0 Å². The van der Waals surface area contributed by atoms with Crippen LogP contribution < -0.4 is 10.2 Å². The summed E-state index contributed by atoms with van der Waals surface area (Å²) in [7, 11) is 0. The molecule has 142 valence electrons. The maximum absolute atomic E-state index is 13.1. The van der Waals surface area contributed by atoms with Crippen molar-refractivity contribution >= 4 is 35.0 Å². The summed E-state index contributed by atoms with van der Waals surface area (Å²) in [6.45, 7) is 3.78. The first-order chi connectivity index (χ1) is 13.5. The average molecular weight is 394 g/mol. The lowest BCUT2D eigenvalue weighted by molar-refractivity contribution is -0.121. The van der Waals surface area contributed by atoms with Gasteiger partial charge in [0.25, 0.3) is 0 Å². The molecule has 2 heterocycles. The fourth-order valence-corrected chi connectivity index (χ4v) is 3.83. The highest BCUT2D eigenvalue weighted by Gasteiger charge is 2.31. The smallest absolute Gasteiger partial charge is 0.244 e. The summed E-state index contributed by atoms with van der Waals surface area (Å²) in [6, 6.07) is 15.1. The van der Waals surface area contributed by atoms with Crippen LogP contribution in [-0.2, 0) is 9.59 Å². The van der Waals surface area contributed by atoms with Gasteiger partial charge in [0.15, 0.2) is 0 Å². The van der Waals surface area contributed by atoms with Gasteiger partial charge in [-0.1, -0.05) is 41.6 Å². The van der Waals surface area contributed by atoms with Crippen molar-refractivity contribution in [3.05, 3.63) is 54.1 Å². The van der Waals surface area contributed by atoms with Crippen molar-refractivity contribution in [3.63, 3.8) is 0 Å². The summed E-state index contributed by atoms with van der Waals surface area (Å²) in [4.78, 5) is 26.6. The van der Waals surface area contributed by atoms with Gasteiger partial charge in [-0.05, 0) is 48.5 Å². The van der Waals surface area contributed by atoms with E-state index in [1.807, 2.05) is 49.4 Å². The van der Waals surface area contributed by atoms with E-state index in [2.05, 4.69) is 20.8 Å². The third-order valence-electron chi connectivity index (χ3n) is 4.39. The summed E-state index contributed by atoms with van der Waals surface area (Å²) in [6.07, 6.45) is 0. The van der Waals surface area contributed by atoms with E-state index < -0.39 is 5.25 Å². The van der Waals surface area contributed by atoms with Gasteiger partial charge in [0.2, 0.25) is 17.0 Å². The molecular weight excluding hydrogens is 376 g/mol. The first kappa shape index (κ1) is 18.2. The van der Waals surface area contributed by atoms with Crippen molar-refractivity contribution in [1.29, 1.82) is 0 Å². The van der Waals surface area contributed by atoms with E-state index in [1.165, 1.54) is 16.7 Å². The maximum atomic E-state index is 13.1. The van der Waals surface area contributed by atoms with Crippen molar-refractivity contribution < 1.29 is 9.59 Å². The standard InChI is InChI=1S/C19H18N6O2S/c1-12-7-9-14(10-8-12)25-19(21-22-23-25)28-13(2)18(27)24-11-17(26)20-15-5-3-4-6-16(15)24/h3-10,13H,11H2,1-2H3,(H,20,26)/t13-/m0/s1. The normalized spacial score (nSPS) is 14.4. The zero-order valence-electron chi connectivity index (χ0n) is 15.4. The second-order valence-electron chi connectivity index (χ2n) is 6.46. The number of carbonyl (C=O) groups excluding carboxylic acids is 2. The first-order valence-corrected chi connectivity index (χ1v) is 9.63. The van der Waals surface area contributed by atoms with Crippen molar-refractivity contribution in [1.82, 2.24) is 20.2 Å². The van der Waals surface area contributed by atoms with Crippen LogP contribution in [0.4, 0.5) is 11.4 Å². The largest absolute Gasteiger partial charge is 0.323 e. The minimum absolute atomic E-state index is 0.0103. The first-order valence-electron chi connectivity index (χ1n) is 8.75. The number of rotatable bonds is 4. The molecule has 0 radical (unpaired) electrons. The highest BCUT2D eigenvalue weighted by atomic mass is 32.2. The molecule has 4 rings (SSSR count). The molecule has 0 spiro atoms. The number of hydrogen-bond acceptors (Lipinski definition) is 6. The van der Waals surface area contributed by atoms with Gasteiger partial charge in [-0.3, -0.25) is 14.5 Å². The number of carbonyl (C=O) groups is 2. The number of nitrogens with zero attached hydrogens (tertiary/aromatic N) is 5. The number of thioether (sulfide) groups is 1. The Balaban J connectivity index is 1.56. The van der Waals surface area contributed by atoms with Gasteiger partial charge in [0.05, 0.1) is 22.3 Å². The van der Waals surface area contributed by atoms with Gasteiger partial charge in [0, 0.05) is 0 Å². The minimum Gasteiger partial charge on any atom is -0.323 e. The van der Waals surface area contributed by atoms with E-state index in [-0.39, 0.29) is 18.4 Å². The third-order valence-corrected chi connectivity index (χ3v) is 5.41. The van der Waals surface area contributed by atoms with E-state index in [4.69, 9.17) is 0 Å². The molecule has 1 aromatic heterocycles. The van der Waals surface area contributed by atoms with E-state index >= 15 is 0 Å². The number of benzene rings is 2. The molecule has 9 heteroatoms. The van der Waals surface area contributed by atoms with Crippen LogP contribution in [0.25, 0.3) is 5.69 Å². The molecule has 1 aliphatic heterocycles. The van der Waals surface area contributed by atoms with Crippen molar-refractivity contribution in [2.45, 2.75) is 24.3 Å². The fraction of sp³-hybridized carbons (Fsp3) is 0.211. The quantitative estimate of drug-likeness (QED) is 0.683. The SMILES string of the molecule is Cc1ccc(-n2nnnc2S[C@@H](C)C(=O)N2CC(=O)Nc3ccccc32)cc1. The number of amides is 2. The molecule has 8 nitrogen and oxygen atoms in total. The van der Waals surface area contributed by atoms with Crippen LogP contribution in [-0.4, -0.2) is 43.8 Å². The Bertz CT molecular complexity index is 1030. The monoisotopic (exact) mass is 394 g/mol. The molecule has 28 heavy (non-hydrogen) atoms. The van der Waals surface area contributed by atoms with Crippen molar-refractivity contribution in [2.75, 3.05) is 16.8 Å². The molecule has 0 fully saturated rings. The molecule has 1 N–H and O–H groups in total. The van der Waals surface area contributed by atoms with Gasteiger partial charge in [-0.25, -0.2) is 0 Å². The van der Waals surface area contributed by atoms with Crippen LogP contribution in [0.5, 0.6) is 0 Å². The van der Waals surface area contributed by atoms with Crippen LogP contribution in [0.1, 0.15) is 12.5 Å². The number of nitrogens with one attached hydrogen (secondary N) is 1. The second kappa shape index (κ2) is 7.43. The molecule has 1 aliphatic rings. The third kappa shape index (κ3) is 3.48. The van der Waals surface area contributed by atoms with E-state index in [9.17, 15) is 9.59 Å². The number of aryl methyl sites for hydroxylation is 1. The van der Waals surface area contributed by atoms with Crippen LogP contribution in [0.3, 0.4) is 0 Å². The predicted molar refractivity (Wildman–Crippen MR) is 107 cm³/mol. The molecule has 0 saturated carbocycles. The Labute approximate surface area is 165 Å². The Morgan fingerprint density at radius 3 is 2.71 bits per heavy atom. The van der Waals surface area contributed by atoms with Crippen LogP contribution in [0.2, 0.25) is 0 Å². The molecule has 3 aromatic rings. The Morgan fingerprint density at radius 1 is 1.18 bits per heavy atom. The van der Waals surface area contributed by atoms with Gasteiger partial charge in [-0.15, -0.1) is 5.10 Å². The van der Waals surface area contributed by atoms with E-state index in [0.717, 1.165) is 11.3 Å². The second-order valence-corrected chi connectivity index (χ2v) is 7.77. The Kier molecular flexibility index (Phi) is 4.82. The van der Waals surface area contributed by atoms with Crippen LogP contribution >= 0.6 is 11.8 Å². The lowest BCUT2D eigenvalue weighted by Gasteiger charge is -2.30.